The quantitative estimate of drug-likeness (QED) is 0.00991. The Balaban J connectivity index is 1.50. The Hall–Kier alpha value is -8.52. The van der Waals surface area contributed by atoms with Gasteiger partial charge in [-0.3, -0.25) is 28.8 Å². The van der Waals surface area contributed by atoms with Crippen molar-refractivity contribution in [3.63, 3.8) is 0 Å². The summed E-state index contributed by atoms with van der Waals surface area (Å²) in [5.74, 6) is -5.25. The maximum absolute atomic E-state index is 14.2. The second kappa shape index (κ2) is 39.3. The van der Waals surface area contributed by atoms with Crippen LogP contribution in [0.25, 0.3) is 0 Å². The minimum absolute atomic E-state index is 0.0225. The standard InChI is InChI=1S/C62H82N8O16S2/c1-61(2,3)85-59(79)69-47(31-19-21-33-63-57(77)83-39-45-27-15-9-16-28-45)55(75)67-49(53(73)65-35-51(71)81-37-43-23-11-7-12-24-43)41-87-88-42-50(54(74)66-36-52(72)82-38-44-25-13-8-14-26-44)68-56(76)48(70-60(80)86-62(4,5)6)32-20-22-34-64-58(78)84-40-46-29-17-10-18-30-46/h7-18,23-30,47-50H,19-22,31-42H2,1-6H3,(H,63,77)(H,64,78)(H,65,73)(H,66,74)(H,67,75)(H,68,76)(H,69,79)(H,70,80)/t47-,48-,49-,50-/m0/s1. The minimum atomic E-state index is -1.40. The van der Waals surface area contributed by atoms with Crippen molar-refractivity contribution in [2.24, 2.45) is 0 Å². The lowest BCUT2D eigenvalue weighted by molar-refractivity contribution is -0.145. The van der Waals surface area contributed by atoms with Gasteiger partial charge < -0.3 is 71.0 Å². The molecule has 88 heavy (non-hydrogen) atoms. The van der Waals surface area contributed by atoms with E-state index in [9.17, 15) is 47.9 Å². The van der Waals surface area contributed by atoms with Gasteiger partial charge in [-0.25, -0.2) is 19.2 Å². The average Bonchev–Trinajstić information content (AvgIpc) is 3.68. The van der Waals surface area contributed by atoms with Gasteiger partial charge in [0.1, 0.15) is 74.9 Å². The third-order valence-electron chi connectivity index (χ3n) is 11.9. The normalized spacial score (nSPS) is 12.4. The minimum Gasteiger partial charge on any atom is -0.460 e. The topological polar surface area (TPSA) is 322 Å². The third-order valence-corrected chi connectivity index (χ3v) is 14.4. The molecule has 0 aromatic heterocycles. The van der Waals surface area contributed by atoms with Crippen LogP contribution in [0.2, 0.25) is 0 Å². The summed E-state index contributed by atoms with van der Waals surface area (Å²) in [5.41, 5.74) is 1.10. The zero-order valence-corrected chi connectivity index (χ0v) is 52.2. The Morgan fingerprint density at radius 1 is 0.364 bits per heavy atom. The fourth-order valence-corrected chi connectivity index (χ4v) is 9.93. The van der Waals surface area contributed by atoms with Crippen molar-refractivity contribution >= 4 is 81.5 Å². The molecule has 0 aliphatic carbocycles. The highest BCUT2D eigenvalue weighted by Gasteiger charge is 2.32. The first-order chi connectivity index (χ1) is 42.0. The Bertz CT molecular complexity index is 2640. The lowest BCUT2D eigenvalue weighted by Crippen LogP contribution is -2.55. The van der Waals surface area contributed by atoms with Crippen LogP contribution in [0, 0.1) is 0 Å². The highest BCUT2D eigenvalue weighted by Crippen LogP contribution is 2.24. The van der Waals surface area contributed by atoms with Crippen molar-refractivity contribution in [1.29, 1.82) is 0 Å². The number of hydrogen-bond acceptors (Lipinski definition) is 18. The summed E-state index contributed by atoms with van der Waals surface area (Å²) in [4.78, 5) is 133. The number of esters is 2. The van der Waals surface area contributed by atoms with Crippen molar-refractivity contribution in [1.82, 2.24) is 42.5 Å². The van der Waals surface area contributed by atoms with E-state index < -0.39 is 108 Å². The molecule has 0 fully saturated rings. The second-order valence-electron chi connectivity index (χ2n) is 21.8. The average molecular weight is 1260 g/mol. The van der Waals surface area contributed by atoms with E-state index in [1.807, 2.05) is 60.7 Å². The van der Waals surface area contributed by atoms with E-state index in [-0.39, 0.29) is 63.9 Å². The van der Waals surface area contributed by atoms with Gasteiger partial charge in [0.15, 0.2) is 0 Å². The Kier molecular flexibility index (Phi) is 32.1. The van der Waals surface area contributed by atoms with Gasteiger partial charge in [-0.1, -0.05) is 143 Å². The van der Waals surface area contributed by atoms with Crippen molar-refractivity contribution in [2.75, 3.05) is 37.7 Å². The summed E-state index contributed by atoms with van der Waals surface area (Å²) in [7, 11) is 1.98. The largest absolute Gasteiger partial charge is 0.460 e. The molecule has 0 aliphatic heterocycles. The number of alkyl carbamates (subject to hydrolysis) is 4. The predicted molar refractivity (Wildman–Crippen MR) is 331 cm³/mol. The molecule has 8 amide bonds. The van der Waals surface area contributed by atoms with Gasteiger partial charge in [-0.05, 0) is 102 Å². The fraction of sp³-hybridized carbons (Fsp3) is 0.452. The molecule has 0 heterocycles. The molecule has 0 radical (unpaired) electrons. The molecular formula is C62H82N8O16S2. The predicted octanol–water partition coefficient (Wildman–Crippen LogP) is 7.04. The van der Waals surface area contributed by atoms with Crippen molar-refractivity contribution in [3.8, 4) is 0 Å². The van der Waals surface area contributed by atoms with Crippen molar-refractivity contribution < 1.29 is 76.4 Å². The molecule has 24 nitrogen and oxygen atoms in total. The molecule has 0 saturated carbocycles. The lowest BCUT2D eigenvalue weighted by Gasteiger charge is -2.26. The van der Waals surface area contributed by atoms with E-state index in [0.717, 1.165) is 32.7 Å². The Morgan fingerprint density at radius 2 is 0.670 bits per heavy atom. The summed E-state index contributed by atoms with van der Waals surface area (Å²) in [6, 6.07) is 30.6. The number of rotatable bonds is 35. The van der Waals surface area contributed by atoms with E-state index >= 15 is 0 Å². The number of nitrogens with one attached hydrogen (secondary N) is 8. The number of hydrogen-bond donors (Lipinski definition) is 8. The van der Waals surface area contributed by atoms with Crippen LogP contribution in [0.1, 0.15) is 102 Å². The summed E-state index contributed by atoms with van der Waals surface area (Å²) in [6.45, 7) is 8.97. The first-order valence-electron chi connectivity index (χ1n) is 28.7. The number of ether oxygens (including phenoxy) is 6. The van der Waals surface area contributed by atoms with Crippen LogP contribution in [0.3, 0.4) is 0 Å². The summed E-state index contributed by atoms with van der Waals surface area (Å²) in [5, 5.41) is 20.8. The van der Waals surface area contributed by atoms with Crippen LogP contribution >= 0.6 is 21.6 Å². The number of carbonyl (C=O) groups excluding carboxylic acids is 10. The monoisotopic (exact) mass is 1260 g/mol. The molecule has 4 atom stereocenters. The fourth-order valence-electron chi connectivity index (χ4n) is 7.60. The molecule has 478 valence electrons. The van der Waals surface area contributed by atoms with E-state index in [4.69, 9.17) is 28.4 Å². The third kappa shape index (κ3) is 32.3. The number of benzene rings is 4. The van der Waals surface area contributed by atoms with Crippen LogP contribution in [0.15, 0.2) is 121 Å². The van der Waals surface area contributed by atoms with Crippen LogP contribution in [0.4, 0.5) is 19.2 Å². The molecule has 0 bridgehead atoms. The van der Waals surface area contributed by atoms with Crippen LogP contribution < -0.4 is 42.5 Å². The second-order valence-corrected chi connectivity index (χ2v) is 24.3. The van der Waals surface area contributed by atoms with Gasteiger partial charge >= 0.3 is 36.3 Å². The summed E-state index contributed by atoms with van der Waals surface area (Å²) in [6.07, 6.45) is -1.81. The molecular weight excluding hydrogens is 1180 g/mol. The van der Waals surface area contributed by atoms with Crippen molar-refractivity contribution in [3.05, 3.63) is 144 Å². The molecule has 0 aliphatic rings. The van der Waals surface area contributed by atoms with Gasteiger partial charge in [-0.2, -0.15) is 0 Å². The van der Waals surface area contributed by atoms with E-state index in [0.29, 0.717) is 36.8 Å². The maximum Gasteiger partial charge on any atom is 0.408 e. The van der Waals surface area contributed by atoms with E-state index in [2.05, 4.69) is 42.5 Å². The molecule has 4 aromatic carbocycles. The number of unbranched alkanes of at least 4 members (excludes halogenated alkanes) is 2. The lowest BCUT2D eigenvalue weighted by atomic mass is 10.1. The van der Waals surface area contributed by atoms with Crippen LogP contribution in [0.5, 0.6) is 0 Å². The van der Waals surface area contributed by atoms with Crippen LogP contribution in [-0.2, 0) is 83.6 Å². The number of amides is 8. The highest BCUT2D eigenvalue weighted by atomic mass is 33.1. The molecule has 0 spiro atoms. The first-order valence-corrected chi connectivity index (χ1v) is 31.2. The Labute approximate surface area is 521 Å². The zero-order chi connectivity index (χ0) is 64.2. The molecule has 26 heteroatoms. The highest BCUT2D eigenvalue weighted by molar-refractivity contribution is 8.76. The molecule has 8 N–H and O–H groups in total. The first kappa shape index (κ1) is 72.0. The van der Waals surface area contributed by atoms with Gasteiger partial charge in [0.25, 0.3) is 0 Å². The molecule has 4 aromatic rings. The van der Waals surface area contributed by atoms with Gasteiger partial charge in [0.2, 0.25) is 23.6 Å². The SMILES string of the molecule is CC(C)(C)OC(=O)N[C@@H](CCCCNC(=O)OCc1ccccc1)C(=O)N[C@@H](CSSC[C@H](NC(=O)[C@H](CCCCNC(=O)OCc1ccccc1)NC(=O)OC(C)(C)C)C(=O)NCC(=O)OCc1ccccc1)C(=O)NCC(=O)OCc1ccccc1. The van der Waals surface area contributed by atoms with E-state index in [1.165, 1.54) is 0 Å². The Morgan fingerprint density at radius 3 is 0.977 bits per heavy atom. The molecule has 0 saturated heterocycles. The van der Waals surface area contributed by atoms with Gasteiger partial charge in [0.05, 0.1) is 0 Å². The maximum atomic E-state index is 14.2. The van der Waals surface area contributed by atoms with Crippen LogP contribution in [-0.4, -0.2) is 133 Å². The summed E-state index contributed by atoms with van der Waals surface area (Å²) >= 11 is 0. The number of carbonyl (C=O) groups is 10. The van der Waals surface area contributed by atoms with Gasteiger partial charge in [-0.15, -0.1) is 0 Å². The zero-order valence-electron chi connectivity index (χ0n) is 50.5. The van der Waals surface area contributed by atoms with E-state index in [1.54, 1.807) is 102 Å². The summed E-state index contributed by atoms with van der Waals surface area (Å²) < 4.78 is 32.2. The smallest absolute Gasteiger partial charge is 0.408 e. The molecule has 0 unspecified atom stereocenters. The van der Waals surface area contributed by atoms with Gasteiger partial charge in [0, 0.05) is 24.6 Å². The van der Waals surface area contributed by atoms with Crippen molar-refractivity contribution in [2.45, 2.75) is 142 Å². The molecule has 4 rings (SSSR count).